The van der Waals surface area contributed by atoms with Crippen LogP contribution in [-0.2, 0) is 13.1 Å². The van der Waals surface area contributed by atoms with Crippen molar-refractivity contribution in [2.24, 2.45) is 4.99 Å². The molecule has 0 unspecified atom stereocenters. The van der Waals surface area contributed by atoms with Gasteiger partial charge in [0, 0.05) is 44.6 Å². The first-order chi connectivity index (χ1) is 10.8. The fraction of sp³-hybridized carbons (Fsp3) is 0.375. The molecule has 126 valence electrons. The standard InChI is InChI=1S/C16H23N5O.HI/c1-17-16(18-9-5-11-21-12-6-10-20-21)19-13-14-7-3-4-8-15(14)22-2;/h3-4,6-8,10,12H,5,9,11,13H2,1-2H3,(H2,17,18,19);1H. The van der Waals surface area contributed by atoms with E-state index >= 15 is 0 Å². The van der Waals surface area contributed by atoms with Crippen LogP contribution in [0, 0.1) is 0 Å². The van der Waals surface area contributed by atoms with Crippen molar-refractivity contribution in [2.45, 2.75) is 19.5 Å². The smallest absolute Gasteiger partial charge is 0.191 e. The van der Waals surface area contributed by atoms with Crippen LogP contribution in [0.5, 0.6) is 5.75 Å². The Bertz CT molecular complexity index is 586. The van der Waals surface area contributed by atoms with Crippen molar-refractivity contribution in [1.82, 2.24) is 20.4 Å². The molecule has 1 aromatic heterocycles. The third-order valence-corrected chi connectivity index (χ3v) is 3.28. The maximum absolute atomic E-state index is 5.34. The molecule has 0 radical (unpaired) electrons. The van der Waals surface area contributed by atoms with Gasteiger partial charge in [0.1, 0.15) is 5.75 Å². The highest BCUT2D eigenvalue weighted by molar-refractivity contribution is 14.0. The van der Waals surface area contributed by atoms with Crippen molar-refractivity contribution in [3.8, 4) is 5.75 Å². The van der Waals surface area contributed by atoms with Crippen LogP contribution in [0.2, 0.25) is 0 Å². The summed E-state index contributed by atoms with van der Waals surface area (Å²) < 4.78 is 7.26. The van der Waals surface area contributed by atoms with Gasteiger partial charge in [0.05, 0.1) is 7.11 Å². The quantitative estimate of drug-likeness (QED) is 0.307. The molecule has 7 heteroatoms. The number of benzene rings is 1. The number of methoxy groups -OCH3 is 1. The molecule has 0 spiro atoms. The first kappa shape index (κ1) is 19.3. The van der Waals surface area contributed by atoms with E-state index in [1.807, 2.05) is 41.2 Å². The molecule has 0 saturated heterocycles. The van der Waals surface area contributed by atoms with Crippen molar-refractivity contribution in [3.05, 3.63) is 48.3 Å². The average molecular weight is 429 g/mol. The van der Waals surface area contributed by atoms with E-state index in [4.69, 9.17) is 4.74 Å². The molecular formula is C16H24IN5O. The second kappa shape index (κ2) is 10.9. The molecule has 0 fully saturated rings. The van der Waals surface area contributed by atoms with E-state index in [2.05, 4.69) is 20.7 Å². The molecule has 0 amide bonds. The van der Waals surface area contributed by atoms with Gasteiger partial charge in [-0.1, -0.05) is 18.2 Å². The van der Waals surface area contributed by atoms with E-state index in [1.165, 1.54) is 0 Å². The van der Waals surface area contributed by atoms with Gasteiger partial charge >= 0.3 is 0 Å². The van der Waals surface area contributed by atoms with E-state index in [0.717, 1.165) is 36.8 Å². The molecule has 0 aliphatic rings. The second-order valence-corrected chi connectivity index (χ2v) is 4.79. The zero-order valence-corrected chi connectivity index (χ0v) is 15.9. The predicted molar refractivity (Wildman–Crippen MR) is 103 cm³/mol. The number of para-hydroxylation sites is 1. The second-order valence-electron chi connectivity index (χ2n) is 4.79. The number of hydrogen-bond acceptors (Lipinski definition) is 3. The summed E-state index contributed by atoms with van der Waals surface area (Å²) in [4.78, 5) is 4.22. The Morgan fingerprint density at radius 2 is 2.09 bits per heavy atom. The number of ether oxygens (including phenoxy) is 1. The minimum Gasteiger partial charge on any atom is -0.496 e. The molecule has 0 aliphatic carbocycles. The van der Waals surface area contributed by atoms with Crippen molar-refractivity contribution in [1.29, 1.82) is 0 Å². The summed E-state index contributed by atoms with van der Waals surface area (Å²) in [7, 11) is 3.45. The largest absolute Gasteiger partial charge is 0.496 e. The normalized spacial score (nSPS) is 10.8. The summed E-state index contributed by atoms with van der Waals surface area (Å²) >= 11 is 0. The molecule has 0 aliphatic heterocycles. The van der Waals surface area contributed by atoms with Crippen molar-refractivity contribution >= 4 is 29.9 Å². The summed E-state index contributed by atoms with van der Waals surface area (Å²) in [5.41, 5.74) is 1.10. The van der Waals surface area contributed by atoms with E-state index in [-0.39, 0.29) is 24.0 Å². The van der Waals surface area contributed by atoms with Gasteiger partial charge in [-0.05, 0) is 18.6 Å². The average Bonchev–Trinajstić information content (AvgIpc) is 3.08. The minimum atomic E-state index is 0. The van der Waals surface area contributed by atoms with Crippen LogP contribution in [0.25, 0.3) is 0 Å². The first-order valence-corrected chi connectivity index (χ1v) is 7.37. The fourth-order valence-corrected chi connectivity index (χ4v) is 2.13. The van der Waals surface area contributed by atoms with Gasteiger partial charge in [0.25, 0.3) is 0 Å². The lowest BCUT2D eigenvalue weighted by atomic mass is 10.2. The summed E-state index contributed by atoms with van der Waals surface area (Å²) in [5, 5.41) is 10.8. The minimum absolute atomic E-state index is 0. The number of aromatic nitrogens is 2. The van der Waals surface area contributed by atoms with Crippen LogP contribution in [0.15, 0.2) is 47.7 Å². The highest BCUT2D eigenvalue weighted by Gasteiger charge is 2.03. The number of nitrogens with zero attached hydrogens (tertiary/aromatic N) is 3. The molecule has 2 aromatic rings. The van der Waals surface area contributed by atoms with Gasteiger partial charge in [-0.25, -0.2) is 0 Å². The summed E-state index contributed by atoms with van der Waals surface area (Å²) in [5.74, 6) is 1.66. The Morgan fingerprint density at radius 3 is 2.78 bits per heavy atom. The Kier molecular flexibility index (Phi) is 9.11. The lowest BCUT2D eigenvalue weighted by molar-refractivity contribution is 0.409. The van der Waals surface area contributed by atoms with E-state index in [1.54, 1.807) is 20.4 Å². The monoisotopic (exact) mass is 429 g/mol. The van der Waals surface area contributed by atoms with Crippen LogP contribution >= 0.6 is 24.0 Å². The van der Waals surface area contributed by atoms with Gasteiger partial charge in [0.15, 0.2) is 5.96 Å². The summed E-state index contributed by atoms with van der Waals surface area (Å²) in [6.07, 6.45) is 4.74. The van der Waals surface area contributed by atoms with Crippen LogP contribution in [0.4, 0.5) is 0 Å². The molecule has 0 atom stereocenters. The number of halogens is 1. The molecule has 0 bridgehead atoms. The molecule has 2 rings (SSSR count). The zero-order valence-electron chi connectivity index (χ0n) is 13.5. The molecule has 6 nitrogen and oxygen atoms in total. The summed E-state index contributed by atoms with van der Waals surface area (Å²) in [6, 6.07) is 9.89. The van der Waals surface area contributed by atoms with Gasteiger partial charge in [-0.3, -0.25) is 9.67 Å². The number of hydrogen-bond donors (Lipinski definition) is 2. The van der Waals surface area contributed by atoms with E-state index < -0.39 is 0 Å². The maximum Gasteiger partial charge on any atom is 0.191 e. The van der Waals surface area contributed by atoms with Crippen molar-refractivity contribution in [3.63, 3.8) is 0 Å². The lowest BCUT2D eigenvalue weighted by Crippen LogP contribution is -2.37. The Hall–Kier alpha value is -1.77. The first-order valence-electron chi connectivity index (χ1n) is 7.37. The Morgan fingerprint density at radius 1 is 1.26 bits per heavy atom. The van der Waals surface area contributed by atoms with Crippen molar-refractivity contribution in [2.75, 3.05) is 20.7 Å². The van der Waals surface area contributed by atoms with Crippen molar-refractivity contribution < 1.29 is 4.74 Å². The fourth-order valence-electron chi connectivity index (χ4n) is 2.13. The number of aryl methyl sites for hydroxylation is 1. The zero-order chi connectivity index (χ0) is 15.6. The molecule has 2 N–H and O–H groups in total. The van der Waals surface area contributed by atoms with E-state index in [0.29, 0.717) is 6.54 Å². The number of aliphatic imine (C=N–C) groups is 1. The number of rotatable bonds is 7. The van der Waals surface area contributed by atoms with E-state index in [9.17, 15) is 0 Å². The third kappa shape index (κ3) is 6.47. The predicted octanol–water partition coefficient (Wildman–Crippen LogP) is 2.27. The van der Waals surface area contributed by atoms with Crippen LogP contribution in [0.3, 0.4) is 0 Å². The van der Waals surface area contributed by atoms with Gasteiger partial charge in [-0.2, -0.15) is 5.10 Å². The Labute approximate surface area is 154 Å². The molecule has 1 aromatic carbocycles. The van der Waals surface area contributed by atoms with Crippen LogP contribution < -0.4 is 15.4 Å². The maximum atomic E-state index is 5.34. The number of nitrogens with one attached hydrogen (secondary N) is 2. The van der Waals surface area contributed by atoms with Gasteiger partial charge < -0.3 is 15.4 Å². The molecule has 1 heterocycles. The van der Waals surface area contributed by atoms with Crippen LogP contribution in [-0.4, -0.2) is 36.4 Å². The Balaban J connectivity index is 0.00000264. The molecule has 0 saturated carbocycles. The molecular weight excluding hydrogens is 405 g/mol. The van der Waals surface area contributed by atoms with Gasteiger partial charge in [-0.15, -0.1) is 24.0 Å². The lowest BCUT2D eigenvalue weighted by Gasteiger charge is -2.13. The highest BCUT2D eigenvalue weighted by Crippen LogP contribution is 2.16. The molecule has 23 heavy (non-hydrogen) atoms. The topological polar surface area (TPSA) is 63.5 Å². The van der Waals surface area contributed by atoms with Gasteiger partial charge in [0.2, 0.25) is 0 Å². The third-order valence-electron chi connectivity index (χ3n) is 3.28. The van der Waals surface area contributed by atoms with Crippen LogP contribution in [0.1, 0.15) is 12.0 Å². The SMILES string of the molecule is CN=C(NCCCn1cccn1)NCc1ccccc1OC.I. The summed E-state index contributed by atoms with van der Waals surface area (Å²) in [6.45, 7) is 2.40. The number of guanidine groups is 1. The highest BCUT2D eigenvalue weighted by atomic mass is 127.